The number of aliphatic hydroxyl groups is 2. The van der Waals surface area contributed by atoms with Crippen LogP contribution in [0.2, 0.25) is 0 Å². The first kappa shape index (κ1) is 90.2. The Morgan fingerprint density at radius 3 is 1.59 bits per heavy atom. The first-order chi connectivity index (χ1) is 49.6. The lowest BCUT2D eigenvalue weighted by atomic mass is 9.96. The molecule has 12 atom stereocenters. The zero-order valence-electron chi connectivity index (χ0n) is 66.9. The van der Waals surface area contributed by atoms with Gasteiger partial charge in [-0.25, -0.2) is 0 Å². The summed E-state index contributed by atoms with van der Waals surface area (Å²) in [5.41, 5.74) is 1.51. The minimum absolute atomic E-state index is 0.0447. The van der Waals surface area contributed by atoms with Gasteiger partial charge in [0, 0.05) is 68.8 Å². The van der Waals surface area contributed by atoms with Gasteiger partial charge in [-0.15, -0.1) is 0 Å². The molecule has 4 rings (SSSR count). The fraction of sp³-hybridized carbons (Fsp3) is 0.692. The maximum Gasteiger partial charge on any atom is 0.254 e. The van der Waals surface area contributed by atoms with Crippen LogP contribution in [0.25, 0.3) is 0 Å². The number of carbonyl (C=O) groups is 12. The van der Waals surface area contributed by atoms with Gasteiger partial charge >= 0.3 is 0 Å². The van der Waals surface area contributed by atoms with Crippen LogP contribution >= 0.6 is 0 Å². The Morgan fingerprint density at radius 2 is 1.06 bits per heavy atom. The van der Waals surface area contributed by atoms with Crippen LogP contribution < -0.4 is 36.6 Å². The molecule has 2 aromatic rings. The predicted molar refractivity (Wildman–Crippen MR) is 405 cm³/mol. The average Bonchev–Trinajstić information content (AvgIpc) is 0.821. The number of hydrogen-bond donors (Lipinski definition) is 8. The van der Waals surface area contributed by atoms with Crippen molar-refractivity contribution in [2.45, 2.75) is 240 Å². The number of hydrogen-bond acceptors (Lipinski definition) is 16. The van der Waals surface area contributed by atoms with Crippen LogP contribution in [0.1, 0.15) is 176 Å². The van der Waals surface area contributed by atoms with Crippen LogP contribution in [0.5, 0.6) is 5.75 Å². The van der Waals surface area contributed by atoms with Crippen LogP contribution in [-0.4, -0.2) is 264 Å². The Kier molecular flexibility index (Phi) is 36.0. The van der Waals surface area contributed by atoms with Gasteiger partial charge in [0.05, 0.1) is 37.8 Å². The third-order valence-corrected chi connectivity index (χ3v) is 19.9. The molecule has 1 unspecified atom stereocenters. The van der Waals surface area contributed by atoms with Crippen LogP contribution in [0.15, 0.2) is 48.5 Å². The van der Waals surface area contributed by atoms with E-state index in [4.69, 9.17) is 4.74 Å². The van der Waals surface area contributed by atoms with Crippen LogP contribution in [-0.2, 0) is 65.6 Å². The molecule has 2 fully saturated rings. The molecule has 594 valence electrons. The minimum Gasteiger partial charge on any atom is -0.496 e. The smallest absolute Gasteiger partial charge is 0.254 e. The van der Waals surface area contributed by atoms with Crippen LogP contribution in [0.3, 0.4) is 0 Å². The highest BCUT2D eigenvalue weighted by Crippen LogP contribution is 2.26. The summed E-state index contributed by atoms with van der Waals surface area (Å²) < 4.78 is 5.60. The Hall–Kier alpha value is -8.24. The largest absolute Gasteiger partial charge is 0.496 e. The van der Waals surface area contributed by atoms with Crippen LogP contribution in [0, 0.1) is 35.5 Å². The molecule has 12 amide bonds. The van der Waals surface area contributed by atoms with Crippen molar-refractivity contribution in [1.29, 1.82) is 0 Å². The molecular formula is C78H127N13O15. The van der Waals surface area contributed by atoms with Gasteiger partial charge in [-0.05, 0) is 130 Å². The highest BCUT2D eigenvalue weighted by Gasteiger charge is 2.44. The lowest BCUT2D eigenvalue weighted by molar-refractivity contribution is -0.151. The van der Waals surface area contributed by atoms with E-state index in [9.17, 15) is 34.2 Å². The Bertz CT molecular complexity index is 3290. The monoisotopic (exact) mass is 1490 g/mol. The lowest BCUT2D eigenvalue weighted by Gasteiger charge is -2.39. The fourth-order valence-electron chi connectivity index (χ4n) is 13.7. The number of amides is 12. The first-order valence-corrected chi connectivity index (χ1v) is 37.8. The quantitative estimate of drug-likeness (QED) is 0.0936. The van der Waals surface area contributed by atoms with Crippen molar-refractivity contribution in [2.75, 3.05) is 76.1 Å². The van der Waals surface area contributed by atoms with Gasteiger partial charge < -0.3 is 75.8 Å². The molecule has 0 radical (unpaired) electrons. The van der Waals surface area contributed by atoms with E-state index < -0.39 is 163 Å². The van der Waals surface area contributed by atoms with Crippen molar-refractivity contribution in [3.05, 3.63) is 65.2 Å². The van der Waals surface area contributed by atoms with E-state index in [1.54, 1.807) is 67.3 Å². The summed E-state index contributed by atoms with van der Waals surface area (Å²) in [5.74, 6) is -9.72. The number of likely N-dealkylation sites (tertiary alicyclic amines) is 1. The van der Waals surface area contributed by atoms with Gasteiger partial charge in [0.2, 0.25) is 65.0 Å². The highest BCUT2D eigenvalue weighted by atomic mass is 16.5. The zero-order chi connectivity index (χ0) is 79.9. The number of carbonyl (C=O) groups excluding carboxylic acids is 12. The third kappa shape index (κ3) is 26.0. The number of piperidine rings is 1. The molecular weight excluding hydrogens is 1360 g/mol. The maximum atomic E-state index is 15.6. The molecule has 106 heavy (non-hydrogen) atoms. The number of nitrogens with one attached hydrogen (secondary N) is 6. The molecule has 2 aliphatic rings. The number of aryl methyl sites for hydroxylation is 1. The van der Waals surface area contributed by atoms with Crippen molar-refractivity contribution in [3.63, 3.8) is 0 Å². The van der Waals surface area contributed by atoms with Crippen molar-refractivity contribution >= 4 is 70.9 Å². The summed E-state index contributed by atoms with van der Waals surface area (Å²) in [5, 5.41) is 40.6. The van der Waals surface area contributed by atoms with Gasteiger partial charge in [-0.1, -0.05) is 119 Å². The number of rotatable bonds is 20. The van der Waals surface area contributed by atoms with Gasteiger partial charge in [-0.3, -0.25) is 62.9 Å². The molecule has 0 aromatic heterocycles. The molecule has 2 heterocycles. The Balaban J connectivity index is 2.01. The molecule has 2 aromatic carbocycles. The summed E-state index contributed by atoms with van der Waals surface area (Å²) in [7, 11) is 11.3. The summed E-state index contributed by atoms with van der Waals surface area (Å²) in [6.45, 7) is 23.3. The van der Waals surface area contributed by atoms with Crippen molar-refractivity contribution in [3.8, 4) is 5.75 Å². The van der Waals surface area contributed by atoms with E-state index in [-0.39, 0.29) is 92.3 Å². The number of ether oxygens (including phenoxy) is 1. The molecule has 0 bridgehead atoms. The summed E-state index contributed by atoms with van der Waals surface area (Å²) >= 11 is 0. The second-order valence-corrected chi connectivity index (χ2v) is 31.5. The minimum atomic E-state index is -1.71. The Labute approximate surface area is 629 Å². The van der Waals surface area contributed by atoms with Gasteiger partial charge in [0.25, 0.3) is 5.91 Å². The van der Waals surface area contributed by atoms with E-state index in [2.05, 4.69) is 31.9 Å². The third-order valence-electron chi connectivity index (χ3n) is 19.9. The van der Waals surface area contributed by atoms with Gasteiger partial charge in [-0.2, -0.15) is 0 Å². The highest BCUT2D eigenvalue weighted by molar-refractivity contribution is 6.00. The molecule has 0 spiro atoms. The van der Waals surface area contributed by atoms with Crippen LogP contribution in [0.4, 0.5) is 0 Å². The summed E-state index contributed by atoms with van der Waals surface area (Å²) in [6.07, 6.45) is -1.28. The first-order valence-electron chi connectivity index (χ1n) is 37.8. The molecule has 2 saturated heterocycles. The lowest BCUT2D eigenvalue weighted by Crippen LogP contribution is -2.63. The van der Waals surface area contributed by atoms with E-state index in [0.717, 1.165) is 11.3 Å². The maximum absolute atomic E-state index is 15.6. The van der Waals surface area contributed by atoms with Crippen molar-refractivity contribution in [2.24, 2.45) is 35.5 Å². The number of benzene rings is 2. The normalized spacial score (nSPS) is 25.0. The predicted octanol–water partition coefficient (Wildman–Crippen LogP) is 3.72. The second kappa shape index (κ2) is 42.3. The standard InChI is InChI=1S/C78H127N13O15/c1-45(2)36-56-74(101)87(17)60(39-48(7)8)72(99)84-67(51(13)92)77(104)85(15)44-65(94)86(16)58(37-46(3)4)69(96)80-55(33-31-53-30-32-54(68(95)79-14)63(42-53)106-21)73(100)90(20)62(40-49(9)10)76(103)88(18)59(38-47(5)6)70(97)82-57(75(102)91-34-26-23-27-35-91)43-64(93)83-66(50(11)12)78(105)89(19)61(71(98)81-56)41-52-28-24-22-25-29-52/h22,24-25,28-30,32,42,45-51,55-62,66-67,72,84,92,99H,23,26-27,31,33-41,43-44H2,1-21H3,(H,79,95)(H,80,96)(H,81,98)(H,82,97)(H,83,93)/t51-,55+,56+,57+,58+,59+,60+,61+,62+,66-,67+,72?/m1/s1. The van der Waals surface area contributed by atoms with Crippen molar-refractivity contribution < 1.29 is 72.5 Å². The van der Waals surface area contributed by atoms with Crippen molar-refractivity contribution in [1.82, 2.24) is 66.2 Å². The second-order valence-electron chi connectivity index (χ2n) is 31.5. The summed E-state index contributed by atoms with van der Waals surface area (Å²) in [6, 6.07) is 0.498. The molecule has 28 heteroatoms. The van der Waals surface area contributed by atoms with E-state index >= 15 is 33.6 Å². The Morgan fingerprint density at radius 1 is 0.547 bits per heavy atom. The number of aliphatic hydroxyl groups excluding tert-OH is 2. The van der Waals surface area contributed by atoms with E-state index in [0.29, 0.717) is 37.1 Å². The SMILES string of the molecule is CNC(=O)c1ccc(CC[C@@H]2NC(=O)[C@H](CC(C)C)N(C)C(=O)CN(C)C(=O)[C@H]([C@@H](C)O)NC(O)[C@H](CC(C)C)N(C)C(=O)[C@H](CC(C)C)NC(=O)[C@H](Cc3ccccc3)N(C)C(=O)[C@@H](C(C)C)NC(=O)C[C@@H](C(=O)N3CCCCC3)NC(=O)[C@H](CC(C)C)N(C)C(=O)[C@H](CC(C)C)N(C)C2=O)cc1OC. The molecule has 2 aliphatic heterocycles. The topological polar surface area (TPSA) is 349 Å². The molecule has 0 saturated carbocycles. The number of likely N-dealkylation sites (N-methyl/N-ethyl adjacent to an activating group) is 6. The summed E-state index contributed by atoms with van der Waals surface area (Å²) in [4.78, 5) is 188. The zero-order valence-corrected chi connectivity index (χ0v) is 66.9. The molecule has 0 aliphatic carbocycles. The van der Waals surface area contributed by atoms with Gasteiger partial charge in [0.15, 0.2) is 0 Å². The number of nitrogens with zero attached hydrogens (tertiary/aromatic N) is 7. The number of methoxy groups -OCH3 is 1. The van der Waals surface area contributed by atoms with E-state index in [1.807, 2.05) is 69.2 Å². The van der Waals surface area contributed by atoms with Gasteiger partial charge in [0.1, 0.15) is 66.4 Å². The fourth-order valence-corrected chi connectivity index (χ4v) is 13.7. The van der Waals surface area contributed by atoms with E-state index in [1.165, 1.54) is 87.9 Å². The molecule has 8 N–H and O–H groups in total. The average molecular weight is 1490 g/mol. The molecule has 28 nitrogen and oxygen atoms in total.